The lowest BCUT2D eigenvalue weighted by atomic mass is 9.89. The number of carbonyl (C=O) groups is 2. The van der Waals surface area contributed by atoms with Crippen molar-refractivity contribution in [3.05, 3.63) is 84.3 Å². The SMILES string of the molecule is COc1ccc(NC(=O)CCC2Cc3ccccc3NC2=O)cc1OCc1cn2ccccc2n1. The van der Waals surface area contributed by atoms with E-state index in [2.05, 4.69) is 15.6 Å². The molecule has 1 atom stereocenters. The Bertz CT molecular complexity index is 1350. The number of benzene rings is 2. The van der Waals surface area contributed by atoms with Crippen molar-refractivity contribution >= 4 is 28.8 Å². The summed E-state index contributed by atoms with van der Waals surface area (Å²) in [4.78, 5) is 29.6. The van der Waals surface area contributed by atoms with Crippen molar-refractivity contribution in [1.29, 1.82) is 0 Å². The van der Waals surface area contributed by atoms with Gasteiger partial charge in [0, 0.05) is 42.2 Å². The highest BCUT2D eigenvalue weighted by Crippen LogP contribution is 2.31. The van der Waals surface area contributed by atoms with Gasteiger partial charge in [-0.3, -0.25) is 9.59 Å². The average molecular weight is 471 g/mol. The summed E-state index contributed by atoms with van der Waals surface area (Å²) in [6.07, 6.45) is 5.19. The van der Waals surface area contributed by atoms with Gasteiger partial charge in [0.1, 0.15) is 12.3 Å². The van der Waals surface area contributed by atoms with E-state index >= 15 is 0 Å². The summed E-state index contributed by atoms with van der Waals surface area (Å²) < 4.78 is 13.3. The number of hydrogen-bond acceptors (Lipinski definition) is 5. The predicted octanol–water partition coefficient (Wildman–Crippen LogP) is 4.45. The summed E-state index contributed by atoms with van der Waals surface area (Å²) in [5.74, 6) is 0.641. The monoisotopic (exact) mass is 470 g/mol. The van der Waals surface area contributed by atoms with Crippen molar-refractivity contribution < 1.29 is 19.1 Å². The normalized spacial score (nSPS) is 14.8. The molecule has 5 rings (SSSR count). The van der Waals surface area contributed by atoms with E-state index in [1.54, 1.807) is 25.3 Å². The zero-order valence-corrected chi connectivity index (χ0v) is 19.4. The number of nitrogens with zero attached hydrogens (tertiary/aromatic N) is 2. The van der Waals surface area contributed by atoms with Crippen molar-refractivity contribution in [3.8, 4) is 11.5 Å². The number of carbonyl (C=O) groups excluding carboxylic acids is 2. The van der Waals surface area contributed by atoms with Crippen LogP contribution in [0.2, 0.25) is 0 Å². The van der Waals surface area contributed by atoms with Crippen LogP contribution in [0, 0.1) is 5.92 Å². The highest BCUT2D eigenvalue weighted by Gasteiger charge is 2.26. The van der Waals surface area contributed by atoms with Crippen molar-refractivity contribution in [2.24, 2.45) is 5.92 Å². The second-order valence-corrected chi connectivity index (χ2v) is 8.49. The third-order valence-corrected chi connectivity index (χ3v) is 6.07. The molecule has 1 aliphatic heterocycles. The Morgan fingerprint density at radius 1 is 1.14 bits per heavy atom. The molecule has 178 valence electrons. The van der Waals surface area contributed by atoms with Crippen LogP contribution in [0.3, 0.4) is 0 Å². The lowest BCUT2D eigenvalue weighted by Crippen LogP contribution is -2.30. The molecule has 8 heteroatoms. The first-order valence-corrected chi connectivity index (χ1v) is 11.5. The number of methoxy groups -OCH3 is 1. The molecule has 1 aliphatic rings. The van der Waals surface area contributed by atoms with Gasteiger partial charge in [-0.25, -0.2) is 4.98 Å². The summed E-state index contributed by atoms with van der Waals surface area (Å²) in [6, 6.07) is 18.8. The van der Waals surface area contributed by atoms with Gasteiger partial charge in [-0.2, -0.15) is 0 Å². The summed E-state index contributed by atoms with van der Waals surface area (Å²) in [6.45, 7) is 0.258. The van der Waals surface area contributed by atoms with Gasteiger partial charge < -0.3 is 24.5 Å². The van der Waals surface area contributed by atoms with E-state index < -0.39 is 0 Å². The highest BCUT2D eigenvalue weighted by atomic mass is 16.5. The largest absolute Gasteiger partial charge is 0.493 e. The van der Waals surface area contributed by atoms with Gasteiger partial charge in [0.25, 0.3) is 0 Å². The molecule has 0 saturated carbocycles. The van der Waals surface area contributed by atoms with Crippen LogP contribution >= 0.6 is 0 Å². The number of amides is 2. The summed E-state index contributed by atoms with van der Waals surface area (Å²) in [5, 5.41) is 5.83. The Balaban J connectivity index is 1.19. The molecule has 2 amide bonds. The van der Waals surface area contributed by atoms with Gasteiger partial charge in [-0.05, 0) is 48.7 Å². The van der Waals surface area contributed by atoms with E-state index in [1.807, 2.05) is 59.3 Å². The van der Waals surface area contributed by atoms with Crippen LogP contribution in [0.15, 0.2) is 73.1 Å². The van der Waals surface area contributed by atoms with Crippen molar-refractivity contribution in [1.82, 2.24) is 9.38 Å². The molecule has 2 aromatic carbocycles. The minimum Gasteiger partial charge on any atom is -0.493 e. The first-order valence-electron chi connectivity index (χ1n) is 11.5. The van der Waals surface area contributed by atoms with Crippen LogP contribution in [0.1, 0.15) is 24.1 Å². The molecule has 0 bridgehead atoms. The molecule has 3 heterocycles. The molecular formula is C27H26N4O4. The van der Waals surface area contributed by atoms with Gasteiger partial charge in [-0.1, -0.05) is 24.3 Å². The van der Waals surface area contributed by atoms with Gasteiger partial charge in [0.05, 0.1) is 12.8 Å². The van der Waals surface area contributed by atoms with Crippen molar-refractivity contribution in [2.75, 3.05) is 17.7 Å². The number of anilines is 2. The maximum absolute atomic E-state index is 12.6. The van der Waals surface area contributed by atoms with E-state index in [4.69, 9.17) is 9.47 Å². The minimum absolute atomic E-state index is 0.0384. The van der Waals surface area contributed by atoms with E-state index in [0.29, 0.717) is 30.0 Å². The number of aromatic nitrogens is 2. The lowest BCUT2D eigenvalue weighted by molar-refractivity contribution is -0.121. The molecule has 35 heavy (non-hydrogen) atoms. The topological polar surface area (TPSA) is 94.0 Å². The summed E-state index contributed by atoms with van der Waals surface area (Å²) >= 11 is 0. The fourth-order valence-electron chi connectivity index (χ4n) is 4.25. The molecule has 0 radical (unpaired) electrons. The number of hydrogen-bond donors (Lipinski definition) is 2. The number of imidazole rings is 1. The number of fused-ring (bicyclic) bond motifs is 2. The number of ether oxygens (including phenoxy) is 2. The Morgan fingerprint density at radius 3 is 2.86 bits per heavy atom. The van der Waals surface area contributed by atoms with Gasteiger partial charge >= 0.3 is 0 Å². The number of rotatable bonds is 8. The predicted molar refractivity (Wildman–Crippen MR) is 133 cm³/mol. The summed E-state index contributed by atoms with van der Waals surface area (Å²) in [7, 11) is 1.57. The molecule has 0 aliphatic carbocycles. The zero-order valence-electron chi connectivity index (χ0n) is 19.4. The molecule has 2 N–H and O–H groups in total. The van der Waals surface area contributed by atoms with Crippen LogP contribution in [-0.2, 0) is 22.6 Å². The van der Waals surface area contributed by atoms with Crippen molar-refractivity contribution in [2.45, 2.75) is 25.9 Å². The second-order valence-electron chi connectivity index (χ2n) is 8.49. The molecule has 0 spiro atoms. The molecule has 0 saturated heterocycles. The van der Waals surface area contributed by atoms with E-state index in [9.17, 15) is 9.59 Å². The van der Waals surface area contributed by atoms with E-state index in [0.717, 1.165) is 22.6 Å². The maximum Gasteiger partial charge on any atom is 0.227 e. The van der Waals surface area contributed by atoms with E-state index in [-0.39, 0.29) is 30.8 Å². The Morgan fingerprint density at radius 2 is 2.00 bits per heavy atom. The third-order valence-electron chi connectivity index (χ3n) is 6.07. The smallest absolute Gasteiger partial charge is 0.227 e. The average Bonchev–Trinajstić information content (AvgIpc) is 3.29. The lowest BCUT2D eigenvalue weighted by Gasteiger charge is -2.24. The fraction of sp³-hybridized carbons (Fsp3) is 0.222. The minimum atomic E-state index is -0.226. The third kappa shape index (κ3) is 5.11. The van der Waals surface area contributed by atoms with Crippen LogP contribution < -0.4 is 20.1 Å². The van der Waals surface area contributed by atoms with Crippen LogP contribution in [0.5, 0.6) is 11.5 Å². The standard InChI is InChI=1S/C27H26N4O4/c1-34-23-11-10-20(15-24(23)35-17-21-16-31-13-5-4-8-25(31)28-21)29-26(32)12-9-19-14-18-6-2-3-7-22(18)30-27(19)33/h2-8,10-11,13,15-16,19H,9,12,14,17H2,1H3,(H,29,32)(H,30,33). The Kier molecular flexibility index (Phi) is 6.34. The first kappa shape index (κ1) is 22.5. The maximum atomic E-state index is 12.6. The Labute approximate surface area is 202 Å². The molecule has 1 unspecified atom stereocenters. The second kappa shape index (κ2) is 9.89. The van der Waals surface area contributed by atoms with Gasteiger partial charge in [0.15, 0.2) is 11.5 Å². The number of nitrogens with one attached hydrogen (secondary N) is 2. The molecular weight excluding hydrogens is 444 g/mol. The number of para-hydroxylation sites is 1. The zero-order chi connectivity index (χ0) is 24.2. The highest BCUT2D eigenvalue weighted by molar-refractivity contribution is 5.96. The van der Waals surface area contributed by atoms with Gasteiger partial charge in [-0.15, -0.1) is 0 Å². The number of pyridine rings is 1. The quantitative estimate of drug-likeness (QED) is 0.397. The molecule has 2 aromatic heterocycles. The Hall–Kier alpha value is -4.33. The molecule has 8 nitrogen and oxygen atoms in total. The van der Waals surface area contributed by atoms with Gasteiger partial charge in [0.2, 0.25) is 11.8 Å². The van der Waals surface area contributed by atoms with Crippen LogP contribution in [0.4, 0.5) is 11.4 Å². The van der Waals surface area contributed by atoms with Crippen LogP contribution in [0.25, 0.3) is 5.65 Å². The van der Waals surface area contributed by atoms with E-state index in [1.165, 1.54) is 0 Å². The molecule has 0 fully saturated rings. The van der Waals surface area contributed by atoms with Crippen molar-refractivity contribution in [3.63, 3.8) is 0 Å². The fourth-order valence-corrected chi connectivity index (χ4v) is 4.25. The molecule has 4 aromatic rings. The summed E-state index contributed by atoms with van der Waals surface area (Å²) in [5.41, 5.74) is 4.17. The van der Waals surface area contributed by atoms with Crippen LogP contribution in [-0.4, -0.2) is 28.3 Å². The first-order chi connectivity index (χ1) is 17.1.